The molecule has 0 heterocycles. The molecule has 0 aliphatic carbocycles. The van der Waals surface area contributed by atoms with Crippen LogP contribution in [0.5, 0.6) is 0 Å². The molecule has 48 valence electrons. The Bertz CT molecular complexity index is 15.7. The van der Waals surface area contributed by atoms with Gasteiger partial charge in [0.2, 0.25) is 0 Å². The summed E-state index contributed by atoms with van der Waals surface area (Å²) in [6.07, 6.45) is 0. The monoisotopic (exact) mass is 529 g/mol. The summed E-state index contributed by atoms with van der Waals surface area (Å²) in [5.74, 6) is 0. The Labute approximate surface area is 73.5 Å². The van der Waals surface area contributed by atoms with Crippen molar-refractivity contribution in [2.75, 3.05) is 7.05 Å². The maximum absolute atomic E-state index is 4.50. The van der Waals surface area contributed by atoms with Crippen LogP contribution in [0.4, 0.5) is 0 Å². The fourth-order valence-electron chi connectivity index (χ4n) is 0. The van der Waals surface area contributed by atoms with E-state index >= 15 is 0 Å². The summed E-state index contributed by atoms with van der Waals surface area (Å²) in [5, 5.41) is 0. The second-order valence-electron chi connectivity index (χ2n) is 0.0714. The van der Waals surface area contributed by atoms with E-state index in [1.807, 2.05) is 0 Å². The van der Waals surface area contributed by atoms with Crippen molar-refractivity contribution in [3.05, 3.63) is 0 Å². The van der Waals surface area contributed by atoms with E-state index in [1.54, 1.807) is 0 Å². The van der Waals surface area contributed by atoms with E-state index in [4.69, 9.17) is 0 Å². The van der Waals surface area contributed by atoms with E-state index in [-0.39, 0.29) is 26.6 Å². The van der Waals surface area contributed by atoms with Gasteiger partial charge in [-0.3, -0.25) is 0 Å². The zero-order valence-corrected chi connectivity index (χ0v) is 12.0. The first-order valence-corrected chi connectivity index (χ1v) is 22.8. The quantitative estimate of drug-likeness (QED) is 0.328. The molecule has 0 aromatic rings. The second kappa shape index (κ2) is 40.9. The van der Waals surface area contributed by atoms with Crippen molar-refractivity contribution in [1.29, 1.82) is 0 Å². The summed E-state index contributed by atoms with van der Waals surface area (Å²) in [7, 11) is 1.50. The summed E-state index contributed by atoms with van der Waals surface area (Å²) < 4.78 is 0. The van der Waals surface area contributed by atoms with Crippen molar-refractivity contribution in [3.8, 4) is 0 Å². The normalized spacial score (nSPS) is 3.43. The van der Waals surface area contributed by atoms with Crippen LogP contribution in [0.2, 0.25) is 0 Å². The molecular weight excluding hydrogens is 519 g/mol. The SMILES string of the molecule is CN.O.O.[I][Pb][I]. The predicted octanol–water partition coefficient (Wildman–Crippen LogP) is -0.684. The summed E-state index contributed by atoms with van der Waals surface area (Å²) in [4.78, 5) is 0. The average molecular weight is 528 g/mol. The molecule has 0 aliphatic heterocycles. The van der Waals surface area contributed by atoms with E-state index in [2.05, 4.69) is 41.3 Å². The number of nitrogens with two attached hydrogens (primary N) is 1. The molecule has 0 aromatic heterocycles. The third kappa shape index (κ3) is 63.3. The van der Waals surface area contributed by atoms with Crippen molar-refractivity contribution in [3.63, 3.8) is 0 Å². The maximum atomic E-state index is 4.50. The van der Waals surface area contributed by atoms with Gasteiger partial charge in [-0.05, 0) is 7.05 Å². The molecule has 6 heteroatoms. The molecule has 0 bridgehead atoms. The number of rotatable bonds is 0. The predicted molar refractivity (Wildman–Crippen MR) is 51.1 cm³/mol. The second-order valence-corrected chi connectivity index (χ2v) is 28.2. The van der Waals surface area contributed by atoms with Crippen molar-refractivity contribution >= 4 is 51.2 Å². The van der Waals surface area contributed by atoms with Gasteiger partial charge in [-0.25, -0.2) is 0 Å². The van der Waals surface area contributed by atoms with E-state index in [0.717, 1.165) is 0 Å². The van der Waals surface area contributed by atoms with Gasteiger partial charge in [0.15, 0.2) is 0 Å². The molecule has 6 N–H and O–H groups in total. The molecule has 7 heavy (non-hydrogen) atoms. The van der Waals surface area contributed by atoms with Gasteiger partial charge in [0.25, 0.3) is 0 Å². The molecule has 0 saturated carbocycles. The molecule has 0 amide bonds. The topological polar surface area (TPSA) is 89.0 Å². The molecule has 0 saturated heterocycles. The number of halogens is 2. The van der Waals surface area contributed by atoms with Crippen LogP contribution in [0.3, 0.4) is 0 Å². The molecule has 0 aliphatic rings. The molecule has 3 nitrogen and oxygen atoms in total. The van der Waals surface area contributed by atoms with Crippen LogP contribution in [0.15, 0.2) is 0 Å². The molecule has 0 aromatic carbocycles. The van der Waals surface area contributed by atoms with Crippen molar-refractivity contribution in [2.45, 2.75) is 0 Å². The van der Waals surface area contributed by atoms with Crippen molar-refractivity contribution < 1.29 is 11.0 Å². The van der Waals surface area contributed by atoms with Crippen LogP contribution in [0.25, 0.3) is 0 Å². The van der Waals surface area contributed by atoms with E-state index < -0.39 is 0 Å². The summed E-state index contributed by atoms with van der Waals surface area (Å²) >= 11 is 4.96. The van der Waals surface area contributed by atoms with Gasteiger partial charge >= 0.3 is 51.2 Å². The number of hydrogen-bond acceptors (Lipinski definition) is 1. The summed E-state index contributed by atoms with van der Waals surface area (Å²) in [6, 6.07) is 0. The molecule has 0 atom stereocenters. The standard InChI is InChI=1S/CH5N.2HI.2H2O.Pb/c1-2;;;;;/h2H2,1H3;2*1H;2*1H2;/q;;;;;+2/p-2. The van der Waals surface area contributed by atoms with Crippen LogP contribution in [0, 0.1) is 0 Å². The van der Waals surface area contributed by atoms with Crippen molar-refractivity contribution in [1.82, 2.24) is 0 Å². The molecule has 0 fully saturated rings. The zero-order valence-electron chi connectivity index (χ0n) is 3.83. The average Bonchev–Trinajstić information content (AvgIpc) is 1.46. The minimum absolute atomic E-state index is 0. The van der Waals surface area contributed by atoms with Gasteiger partial charge < -0.3 is 16.7 Å². The number of hydrogen-bond donors (Lipinski definition) is 1. The zero-order chi connectivity index (χ0) is 4.71. The molecule has 0 unspecified atom stereocenters. The summed E-state index contributed by atoms with van der Waals surface area (Å²) in [6.45, 7) is 0. The third-order valence-corrected chi connectivity index (χ3v) is 0. The van der Waals surface area contributed by atoms with Gasteiger partial charge in [-0.1, -0.05) is 0 Å². The van der Waals surface area contributed by atoms with Crippen LogP contribution in [-0.4, -0.2) is 33.6 Å². The van der Waals surface area contributed by atoms with E-state index in [0.29, 0.717) is 0 Å². The van der Waals surface area contributed by atoms with Crippen LogP contribution in [-0.2, 0) is 0 Å². The fraction of sp³-hybridized carbons (Fsp3) is 1.00. The Balaban J connectivity index is -0.0000000105. The van der Waals surface area contributed by atoms with E-state index in [1.165, 1.54) is 7.05 Å². The first-order valence-electron chi connectivity index (χ1n) is 0.955. The van der Waals surface area contributed by atoms with Gasteiger partial charge in [-0.15, -0.1) is 0 Å². The van der Waals surface area contributed by atoms with Crippen LogP contribution in [0.1, 0.15) is 0 Å². The van der Waals surface area contributed by atoms with Gasteiger partial charge in [-0.2, -0.15) is 0 Å². The van der Waals surface area contributed by atoms with Gasteiger partial charge in [0, 0.05) is 0 Å². The van der Waals surface area contributed by atoms with E-state index in [9.17, 15) is 0 Å². The molecule has 0 spiro atoms. The Morgan fingerprint density at radius 3 is 1.14 bits per heavy atom. The first-order chi connectivity index (χ1) is 2.41. The van der Waals surface area contributed by atoms with Gasteiger partial charge in [0.1, 0.15) is 0 Å². The first kappa shape index (κ1) is 22.8. The Morgan fingerprint density at radius 1 is 1.14 bits per heavy atom. The van der Waals surface area contributed by atoms with Crippen LogP contribution < -0.4 is 5.73 Å². The molecular formula is CH9I2NO2Pb. The van der Waals surface area contributed by atoms with Crippen LogP contribution >= 0.6 is 35.5 Å². The Morgan fingerprint density at radius 2 is 1.14 bits per heavy atom. The Kier molecular flexibility index (Phi) is 134. The fourth-order valence-corrected chi connectivity index (χ4v) is 0. The van der Waals surface area contributed by atoms with Crippen molar-refractivity contribution in [2.24, 2.45) is 5.73 Å². The van der Waals surface area contributed by atoms with Gasteiger partial charge in [0.05, 0.1) is 0 Å². The summed E-state index contributed by atoms with van der Waals surface area (Å²) in [5.41, 5.74) is 4.50. The molecule has 0 rings (SSSR count). The third-order valence-electron chi connectivity index (χ3n) is 0. The molecule has 2 radical (unpaired) electrons. The Hall–Kier alpha value is 2.26. The minimum atomic E-state index is 0.